The molecule has 1 saturated carbocycles. The van der Waals surface area contributed by atoms with E-state index in [1.54, 1.807) is 7.11 Å². The molecule has 0 amide bonds. The molecule has 3 nitrogen and oxygen atoms in total. The van der Waals surface area contributed by atoms with E-state index < -0.39 is 0 Å². The van der Waals surface area contributed by atoms with Crippen LogP contribution in [-0.2, 0) is 14.3 Å². The molecule has 1 fully saturated rings. The first-order valence-electron chi connectivity index (χ1n) is 6.99. The summed E-state index contributed by atoms with van der Waals surface area (Å²) in [5, 5.41) is 0. The number of ether oxygens (including phenoxy) is 2. The molecule has 0 aromatic rings. The number of carbonyl (C=O) groups is 1. The van der Waals surface area contributed by atoms with Gasteiger partial charge in [0, 0.05) is 16.9 Å². The van der Waals surface area contributed by atoms with Crippen molar-refractivity contribution in [1.29, 1.82) is 0 Å². The monoisotopic (exact) mass is 264 g/mol. The van der Waals surface area contributed by atoms with Crippen molar-refractivity contribution in [3.05, 3.63) is 23.5 Å². The van der Waals surface area contributed by atoms with Gasteiger partial charge in [0.25, 0.3) is 0 Å². The Morgan fingerprint density at radius 2 is 2.16 bits per heavy atom. The van der Waals surface area contributed by atoms with E-state index in [-0.39, 0.29) is 11.4 Å². The lowest BCUT2D eigenvalue weighted by Crippen LogP contribution is -2.33. The molecule has 0 aliphatic heterocycles. The molecule has 3 atom stereocenters. The van der Waals surface area contributed by atoms with Crippen LogP contribution in [0.25, 0.3) is 0 Å². The summed E-state index contributed by atoms with van der Waals surface area (Å²) in [7, 11) is 3.13. The minimum absolute atomic E-state index is 0.198. The SMILES string of the molecule is COC=C1[C@H]2C=C(C(=O)OC)[C@]1(C)CC[C@@H]2C(C)C. The Bertz CT molecular complexity index is 433. The molecule has 2 aliphatic rings. The van der Waals surface area contributed by atoms with Gasteiger partial charge in [-0.3, -0.25) is 0 Å². The maximum absolute atomic E-state index is 12.0. The zero-order valence-corrected chi connectivity index (χ0v) is 12.5. The van der Waals surface area contributed by atoms with Crippen molar-refractivity contribution in [3.63, 3.8) is 0 Å². The fraction of sp³-hybridized carbons (Fsp3) is 0.688. The number of hydrogen-bond donors (Lipinski definition) is 0. The third-order valence-corrected chi connectivity index (χ3v) is 4.88. The molecule has 0 radical (unpaired) electrons. The summed E-state index contributed by atoms with van der Waals surface area (Å²) >= 11 is 0. The van der Waals surface area contributed by atoms with E-state index >= 15 is 0 Å². The first kappa shape index (κ1) is 14.2. The zero-order valence-electron chi connectivity index (χ0n) is 12.5. The van der Waals surface area contributed by atoms with Crippen molar-refractivity contribution in [1.82, 2.24) is 0 Å². The zero-order chi connectivity index (χ0) is 14.2. The minimum Gasteiger partial charge on any atom is -0.504 e. The van der Waals surface area contributed by atoms with Gasteiger partial charge in [0.2, 0.25) is 0 Å². The highest BCUT2D eigenvalue weighted by atomic mass is 16.5. The molecular weight excluding hydrogens is 240 g/mol. The summed E-state index contributed by atoms with van der Waals surface area (Å²) in [6.07, 6.45) is 6.10. The second kappa shape index (κ2) is 5.03. The maximum Gasteiger partial charge on any atom is 0.334 e. The third-order valence-electron chi connectivity index (χ3n) is 4.88. The predicted octanol–water partition coefficient (Wildman–Crippen LogP) is 3.32. The van der Waals surface area contributed by atoms with Crippen molar-refractivity contribution in [3.8, 4) is 0 Å². The van der Waals surface area contributed by atoms with Crippen LogP contribution >= 0.6 is 0 Å². The molecule has 2 aliphatic carbocycles. The summed E-state index contributed by atoms with van der Waals surface area (Å²) in [5.74, 6) is 1.30. The summed E-state index contributed by atoms with van der Waals surface area (Å²) in [5.41, 5.74) is 1.84. The average Bonchev–Trinajstić information content (AvgIpc) is 2.55. The van der Waals surface area contributed by atoms with E-state index in [1.165, 1.54) is 12.7 Å². The molecule has 2 bridgehead atoms. The fourth-order valence-corrected chi connectivity index (χ4v) is 3.73. The van der Waals surface area contributed by atoms with Gasteiger partial charge >= 0.3 is 5.97 Å². The van der Waals surface area contributed by atoms with Gasteiger partial charge in [0.05, 0.1) is 20.5 Å². The van der Waals surface area contributed by atoms with Crippen LogP contribution in [0.3, 0.4) is 0 Å². The van der Waals surface area contributed by atoms with E-state index in [2.05, 4.69) is 26.8 Å². The van der Waals surface area contributed by atoms with E-state index in [0.717, 1.165) is 18.4 Å². The Morgan fingerprint density at radius 3 is 2.68 bits per heavy atom. The van der Waals surface area contributed by atoms with Gasteiger partial charge in [0.15, 0.2) is 0 Å². The van der Waals surface area contributed by atoms with Gasteiger partial charge in [0.1, 0.15) is 0 Å². The smallest absolute Gasteiger partial charge is 0.334 e. The van der Waals surface area contributed by atoms with E-state index in [9.17, 15) is 4.79 Å². The molecule has 0 spiro atoms. The third kappa shape index (κ3) is 2.09. The molecule has 0 N–H and O–H groups in total. The van der Waals surface area contributed by atoms with Crippen molar-refractivity contribution in [2.24, 2.45) is 23.2 Å². The molecule has 3 heteroatoms. The number of carbonyl (C=O) groups excluding carboxylic acids is 1. The maximum atomic E-state index is 12.0. The van der Waals surface area contributed by atoms with Gasteiger partial charge in [-0.2, -0.15) is 0 Å². The van der Waals surface area contributed by atoms with Crippen LogP contribution in [0.1, 0.15) is 33.6 Å². The molecular formula is C16H24O3. The Balaban J connectivity index is 2.46. The highest BCUT2D eigenvalue weighted by Gasteiger charge is 2.51. The van der Waals surface area contributed by atoms with Crippen LogP contribution in [0.2, 0.25) is 0 Å². The second-order valence-electron chi connectivity index (χ2n) is 6.19. The fourth-order valence-electron chi connectivity index (χ4n) is 3.73. The van der Waals surface area contributed by atoms with Crippen LogP contribution in [0.4, 0.5) is 0 Å². The quantitative estimate of drug-likeness (QED) is 0.579. The van der Waals surface area contributed by atoms with Gasteiger partial charge in [-0.05, 0) is 30.3 Å². The first-order chi connectivity index (χ1) is 8.95. The topological polar surface area (TPSA) is 35.5 Å². The minimum atomic E-state index is -0.209. The normalized spacial score (nSPS) is 35.5. The molecule has 0 saturated heterocycles. The van der Waals surface area contributed by atoms with Crippen LogP contribution in [0.5, 0.6) is 0 Å². The van der Waals surface area contributed by atoms with E-state index in [0.29, 0.717) is 17.8 Å². The first-order valence-corrected chi connectivity index (χ1v) is 6.99. The summed E-state index contributed by atoms with van der Waals surface area (Å²) in [6.45, 7) is 6.64. The van der Waals surface area contributed by atoms with Crippen molar-refractivity contribution >= 4 is 5.97 Å². The lowest BCUT2D eigenvalue weighted by Gasteiger charge is -2.40. The molecule has 0 aromatic carbocycles. The number of allylic oxidation sites excluding steroid dienone is 2. The van der Waals surface area contributed by atoms with Gasteiger partial charge in [-0.15, -0.1) is 0 Å². The summed E-state index contributed by atoms with van der Waals surface area (Å²) < 4.78 is 10.2. The van der Waals surface area contributed by atoms with Crippen molar-refractivity contribution in [2.45, 2.75) is 33.6 Å². The largest absolute Gasteiger partial charge is 0.504 e. The molecule has 0 aromatic heterocycles. The van der Waals surface area contributed by atoms with Gasteiger partial charge in [-0.25, -0.2) is 4.79 Å². The Hall–Kier alpha value is -1.25. The Labute approximate surface area is 115 Å². The van der Waals surface area contributed by atoms with Crippen molar-refractivity contribution < 1.29 is 14.3 Å². The highest BCUT2D eigenvalue weighted by Crippen LogP contribution is 2.58. The number of fused-ring (bicyclic) bond motifs is 2. The van der Waals surface area contributed by atoms with Gasteiger partial charge < -0.3 is 9.47 Å². The van der Waals surface area contributed by atoms with Crippen molar-refractivity contribution in [2.75, 3.05) is 14.2 Å². The van der Waals surface area contributed by atoms with Crippen LogP contribution in [0, 0.1) is 23.2 Å². The molecule has 0 unspecified atom stereocenters. The van der Waals surface area contributed by atoms with Crippen LogP contribution in [0.15, 0.2) is 23.5 Å². The van der Waals surface area contributed by atoms with E-state index in [1.807, 2.05) is 6.26 Å². The van der Waals surface area contributed by atoms with Crippen LogP contribution < -0.4 is 0 Å². The molecule has 2 rings (SSSR count). The Kier molecular flexibility index (Phi) is 3.75. The lowest BCUT2D eigenvalue weighted by molar-refractivity contribution is -0.137. The molecule has 0 heterocycles. The second-order valence-corrected chi connectivity index (χ2v) is 6.19. The summed E-state index contributed by atoms with van der Waals surface area (Å²) in [6, 6.07) is 0. The lowest BCUT2D eigenvalue weighted by atomic mass is 9.64. The number of esters is 1. The van der Waals surface area contributed by atoms with E-state index in [4.69, 9.17) is 9.47 Å². The molecule has 106 valence electrons. The highest BCUT2D eigenvalue weighted by molar-refractivity contribution is 5.92. The molecule has 19 heavy (non-hydrogen) atoms. The predicted molar refractivity (Wildman–Crippen MR) is 74.4 cm³/mol. The Morgan fingerprint density at radius 1 is 1.47 bits per heavy atom. The number of hydrogen-bond acceptors (Lipinski definition) is 3. The number of methoxy groups -OCH3 is 2. The summed E-state index contributed by atoms with van der Waals surface area (Å²) in [4.78, 5) is 12.0. The van der Waals surface area contributed by atoms with Crippen LogP contribution in [-0.4, -0.2) is 20.2 Å². The average molecular weight is 264 g/mol. The standard InChI is InChI=1S/C16H24O3/c1-10(2)11-6-7-16(3)13(15(17)19-5)8-12(11)14(16)9-18-4/h8-12H,6-7H2,1-5H3/t11-,12+,16+/m1/s1. The number of rotatable bonds is 3. The van der Waals surface area contributed by atoms with Gasteiger partial charge in [-0.1, -0.05) is 26.8 Å².